The Labute approximate surface area is 131 Å². The monoisotopic (exact) mass is 348 g/mol. The zero-order chi connectivity index (χ0) is 13.6. The molecule has 1 N–H and O–H groups in total. The van der Waals surface area contributed by atoms with Crippen molar-refractivity contribution in [2.75, 3.05) is 12.3 Å². The molecule has 0 aromatic heterocycles. The van der Waals surface area contributed by atoms with Crippen LogP contribution in [0.2, 0.25) is 0 Å². The molecule has 0 unspecified atom stereocenters. The molecular formula is C10H15Cl3N2OS2. The summed E-state index contributed by atoms with van der Waals surface area (Å²) in [4.78, 5) is 16.0. The van der Waals surface area contributed by atoms with Gasteiger partial charge < -0.3 is 5.32 Å². The Hall–Kier alpha value is 0.710. The number of halogens is 3. The summed E-state index contributed by atoms with van der Waals surface area (Å²) >= 11 is 20.6. The van der Waals surface area contributed by atoms with Crippen molar-refractivity contribution in [2.24, 2.45) is 4.99 Å². The maximum atomic E-state index is 11.7. The van der Waals surface area contributed by atoms with Crippen molar-refractivity contribution in [1.29, 1.82) is 0 Å². The van der Waals surface area contributed by atoms with Crippen LogP contribution in [0.15, 0.2) is 4.99 Å². The fraction of sp³-hybridized carbons (Fsp3) is 0.800. The van der Waals surface area contributed by atoms with Gasteiger partial charge in [0.2, 0.25) is 9.70 Å². The number of aliphatic imine (C=N–C) groups is 1. The number of hydrogen-bond acceptors (Lipinski definition) is 4. The molecular weight excluding hydrogens is 335 g/mol. The smallest absolute Gasteiger partial charge is 0.221 e. The van der Waals surface area contributed by atoms with Gasteiger partial charge in [0, 0.05) is 12.2 Å². The molecule has 1 atom stereocenters. The molecule has 1 rings (SSSR count). The number of amides is 1. The molecule has 0 bridgehead atoms. The molecule has 1 aliphatic rings. The molecule has 0 saturated heterocycles. The largest absolute Gasteiger partial charge is 0.340 e. The molecule has 0 aliphatic carbocycles. The first-order valence-electron chi connectivity index (χ1n) is 5.63. The van der Waals surface area contributed by atoms with Crippen molar-refractivity contribution in [2.45, 2.75) is 35.4 Å². The molecule has 104 valence electrons. The average molecular weight is 350 g/mol. The van der Waals surface area contributed by atoms with E-state index >= 15 is 0 Å². The molecule has 0 radical (unpaired) electrons. The zero-order valence-corrected chi connectivity index (χ0v) is 13.8. The van der Waals surface area contributed by atoms with Crippen LogP contribution in [-0.4, -0.2) is 31.7 Å². The van der Waals surface area contributed by atoms with Gasteiger partial charge >= 0.3 is 0 Å². The SMILES string of the molecule is CCCCC(=O)N[C@@H](SC1=NCCS1)C(Cl)(Cl)Cl. The highest BCUT2D eigenvalue weighted by Crippen LogP contribution is 2.39. The predicted octanol–water partition coefficient (Wildman–Crippen LogP) is 3.83. The summed E-state index contributed by atoms with van der Waals surface area (Å²) in [6.45, 7) is 2.81. The summed E-state index contributed by atoms with van der Waals surface area (Å²) in [5, 5.41) is 2.15. The second kappa shape index (κ2) is 8.10. The maximum Gasteiger partial charge on any atom is 0.221 e. The van der Waals surface area contributed by atoms with Gasteiger partial charge in [0.05, 0.1) is 6.54 Å². The molecule has 0 spiro atoms. The van der Waals surface area contributed by atoms with Gasteiger partial charge in [0.25, 0.3) is 0 Å². The van der Waals surface area contributed by atoms with Crippen LogP contribution in [0.25, 0.3) is 0 Å². The Morgan fingerprint density at radius 1 is 1.61 bits per heavy atom. The van der Waals surface area contributed by atoms with Gasteiger partial charge in [0.15, 0.2) is 0 Å². The van der Waals surface area contributed by atoms with E-state index in [0.29, 0.717) is 6.42 Å². The summed E-state index contributed by atoms with van der Waals surface area (Å²) < 4.78 is -0.680. The Morgan fingerprint density at radius 3 is 2.83 bits per heavy atom. The van der Waals surface area contributed by atoms with E-state index in [1.54, 1.807) is 11.8 Å². The number of rotatable bonds is 5. The second-order valence-corrected chi connectivity index (χ2v) is 8.51. The molecule has 18 heavy (non-hydrogen) atoms. The maximum absolute atomic E-state index is 11.7. The van der Waals surface area contributed by atoms with Crippen LogP contribution in [0.4, 0.5) is 0 Å². The lowest BCUT2D eigenvalue weighted by atomic mass is 10.2. The first-order valence-corrected chi connectivity index (χ1v) is 8.63. The van der Waals surface area contributed by atoms with E-state index in [-0.39, 0.29) is 5.91 Å². The fourth-order valence-electron chi connectivity index (χ4n) is 1.22. The van der Waals surface area contributed by atoms with Gasteiger partial charge in [-0.1, -0.05) is 71.7 Å². The second-order valence-electron chi connectivity index (χ2n) is 3.71. The summed E-state index contributed by atoms with van der Waals surface area (Å²) in [5.41, 5.74) is 0. The minimum absolute atomic E-state index is 0.0933. The van der Waals surface area contributed by atoms with Crippen molar-refractivity contribution >= 4 is 68.6 Å². The molecule has 3 nitrogen and oxygen atoms in total. The number of nitrogens with one attached hydrogen (secondary N) is 1. The lowest BCUT2D eigenvalue weighted by molar-refractivity contribution is -0.121. The van der Waals surface area contributed by atoms with Gasteiger partial charge in [-0.3, -0.25) is 9.79 Å². The standard InChI is InChI=1S/C10H15Cl3N2OS2/c1-2-3-4-7(16)15-8(10(11,12)13)18-9-14-5-6-17-9/h8H,2-6H2,1H3,(H,15,16)/t8-/m0/s1. The molecule has 1 heterocycles. The minimum atomic E-state index is -1.54. The normalized spacial score (nSPS) is 17.4. The van der Waals surface area contributed by atoms with Crippen LogP contribution in [0.5, 0.6) is 0 Å². The van der Waals surface area contributed by atoms with Crippen LogP contribution in [-0.2, 0) is 4.79 Å². The van der Waals surface area contributed by atoms with Gasteiger partial charge in [-0.15, -0.1) is 0 Å². The summed E-state index contributed by atoms with van der Waals surface area (Å²) in [5.74, 6) is 0.850. The first kappa shape index (κ1) is 16.8. The third-order valence-electron chi connectivity index (χ3n) is 2.12. The number of carbonyl (C=O) groups is 1. The molecule has 0 fully saturated rings. The first-order chi connectivity index (χ1) is 8.43. The highest BCUT2D eigenvalue weighted by molar-refractivity contribution is 8.39. The third kappa shape index (κ3) is 6.24. The number of thioether (sulfide) groups is 2. The summed E-state index contributed by atoms with van der Waals surface area (Å²) in [7, 11) is 0. The van der Waals surface area contributed by atoms with E-state index in [0.717, 1.165) is 29.5 Å². The number of carbonyl (C=O) groups excluding carboxylic acids is 1. The average Bonchev–Trinajstić information content (AvgIpc) is 2.77. The summed E-state index contributed by atoms with van der Waals surface area (Å²) in [6.07, 6.45) is 2.24. The molecule has 0 saturated carbocycles. The fourth-order valence-corrected chi connectivity index (χ4v) is 3.83. The van der Waals surface area contributed by atoms with E-state index in [2.05, 4.69) is 10.3 Å². The van der Waals surface area contributed by atoms with Crippen LogP contribution in [0.3, 0.4) is 0 Å². The predicted molar refractivity (Wildman–Crippen MR) is 84.1 cm³/mol. The Kier molecular flexibility index (Phi) is 7.54. The highest BCUT2D eigenvalue weighted by Gasteiger charge is 2.36. The zero-order valence-electron chi connectivity index (χ0n) is 9.92. The molecule has 1 aliphatic heterocycles. The van der Waals surface area contributed by atoms with Crippen LogP contribution in [0, 0.1) is 0 Å². The van der Waals surface area contributed by atoms with Crippen molar-refractivity contribution in [1.82, 2.24) is 5.32 Å². The van der Waals surface area contributed by atoms with Crippen molar-refractivity contribution in [3.63, 3.8) is 0 Å². The van der Waals surface area contributed by atoms with Crippen molar-refractivity contribution in [3.8, 4) is 0 Å². The highest BCUT2D eigenvalue weighted by atomic mass is 35.6. The summed E-state index contributed by atoms with van der Waals surface area (Å²) in [6, 6.07) is 0. The number of alkyl halides is 3. The third-order valence-corrected chi connectivity index (χ3v) is 5.61. The molecule has 0 aromatic carbocycles. The van der Waals surface area contributed by atoms with Gasteiger partial charge in [-0.25, -0.2) is 0 Å². The van der Waals surface area contributed by atoms with Crippen LogP contribution >= 0.6 is 58.3 Å². The number of hydrogen-bond donors (Lipinski definition) is 1. The van der Waals surface area contributed by atoms with Crippen molar-refractivity contribution < 1.29 is 4.79 Å². The van der Waals surface area contributed by atoms with Gasteiger partial charge in [-0.05, 0) is 6.42 Å². The van der Waals surface area contributed by atoms with Gasteiger partial charge in [-0.2, -0.15) is 0 Å². The van der Waals surface area contributed by atoms with E-state index < -0.39 is 9.17 Å². The van der Waals surface area contributed by atoms with Crippen LogP contribution < -0.4 is 5.32 Å². The Bertz CT molecular complexity index is 321. The van der Waals surface area contributed by atoms with E-state index in [9.17, 15) is 4.79 Å². The molecule has 0 aromatic rings. The van der Waals surface area contributed by atoms with Crippen LogP contribution in [0.1, 0.15) is 26.2 Å². The minimum Gasteiger partial charge on any atom is -0.340 e. The van der Waals surface area contributed by atoms with E-state index in [1.807, 2.05) is 6.92 Å². The van der Waals surface area contributed by atoms with Crippen molar-refractivity contribution in [3.05, 3.63) is 0 Å². The number of unbranched alkanes of at least 4 members (excludes halogenated alkanes) is 1. The topological polar surface area (TPSA) is 41.5 Å². The van der Waals surface area contributed by atoms with Gasteiger partial charge in [0.1, 0.15) is 9.75 Å². The Balaban J connectivity index is 2.53. The van der Waals surface area contributed by atoms with E-state index in [1.165, 1.54) is 11.8 Å². The van der Waals surface area contributed by atoms with E-state index in [4.69, 9.17) is 34.8 Å². The quantitative estimate of drug-likeness (QED) is 0.606. The lowest BCUT2D eigenvalue weighted by Crippen LogP contribution is -2.41. The molecule has 8 heteroatoms. The Morgan fingerprint density at radius 2 is 2.33 bits per heavy atom. The number of nitrogens with zero attached hydrogens (tertiary/aromatic N) is 1. The lowest BCUT2D eigenvalue weighted by Gasteiger charge is -2.24. The molecule has 1 amide bonds.